The lowest BCUT2D eigenvalue weighted by Crippen LogP contribution is -2.48. The van der Waals surface area contributed by atoms with Gasteiger partial charge in [-0.3, -0.25) is 5.84 Å². The van der Waals surface area contributed by atoms with Crippen LogP contribution in [0.3, 0.4) is 0 Å². The van der Waals surface area contributed by atoms with E-state index in [0.717, 1.165) is 5.69 Å². The minimum absolute atomic E-state index is 0.824. The summed E-state index contributed by atoms with van der Waals surface area (Å²) in [6.45, 7) is 0. The van der Waals surface area contributed by atoms with E-state index in [1.165, 1.54) is 5.12 Å². The minimum Gasteiger partial charge on any atom is -0.252 e. The van der Waals surface area contributed by atoms with Crippen molar-refractivity contribution in [1.29, 1.82) is 0 Å². The number of hydrazine groups is 3. The molecule has 0 heterocycles. The molecule has 0 aliphatic carbocycles. The highest BCUT2D eigenvalue weighted by Crippen LogP contribution is 2.05. The van der Waals surface area contributed by atoms with Crippen molar-refractivity contribution in [2.75, 3.05) is 5.12 Å². The predicted octanol–water partition coefficient (Wildman–Crippen LogP) is -0.255. The Hall–Kier alpha value is -1.10. The number of nitrogens with zero attached hydrogens (tertiary/aromatic N) is 1. The highest BCUT2D eigenvalue weighted by Gasteiger charge is 1.93. The van der Waals surface area contributed by atoms with E-state index in [1.807, 2.05) is 30.3 Å². The zero-order valence-corrected chi connectivity index (χ0v) is 5.49. The van der Waals surface area contributed by atoms with E-state index >= 15 is 0 Å². The summed E-state index contributed by atoms with van der Waals surface area (Å²) in [7, 11) is 0. The molecule has 0 spiro atoms. The molecule has 5 N–H and O–H groups in total. The third-order valence-electron chi connectivity index (χ3n) is 1.17. The number of para-hydroxylation sites is 1. The third-order valence-corrected chi connectivity index (χ3v) is 1.17. The highest BCUT2D eigenvalue weighted by molar-refractivity contribution is 5.42. The lowest BCUT2D eigenvalue weighted by atomic mass is 10.3. The van der Waals surface area contributed by atoms with Crippen molar-refractivity contribution in [2.45, 2.75) is 0 Å². The second-order valence-electron chi connectivity index (χ2n) is 1.83. The maximum atomic E-state index is 5.39. The van der Waals surface area contributed by atoms with Crippen LogP contribution in [-0.2, 0) is 0 Å². The van der Waals surface area contributed by atoms with Gasteiger partial charge in [0.2, 0.25) is 0 Å². The molecule has 0 amide bonds. The van der Waals surface area contributed by atoms with Crippen molar-refractivity contribution in [2.24, 2.45) is 11.7 Å². The van der Waals surface area contributed by atoms with Gasteiger partial charge in [0.25, 0.3) is 0 Å². The number of nitrogens with two attached hydrogens (primary N) is 2. The molecular weight excluding hydrogens is 128 g/mol. The molecule has 4 heteroatoms. The van der Waals surface area contributed by atoms with E-state index in [9.17, 15) is 0 Å². The monoisotopic (exact) mass is 138 g/mol. The molecule has 10 heavy (non-hydrogen) atoms. The molecule has 0 radical (unpaired) electrons. The molecule has 1 aromatic carbocycles. The van der Waals surface area contributed by atoms with Crippen molar-refractivity contribution in [3.05, 3.63) is 30.3 Å². The first-order valence-corrected chi connectivity index (χ1v) is 2.90. The number of rotatable bonds is 2. The van der Waals surface area contributed by atoms with Crippen LogP contribution in [0.15, 0.2) is 30.3 Å². The van der Waals surface area contributed by atoms with Gasteiger partial charge >= 0.3 is 0 Å². The second-order valence-corrected chi connectivity index (χ2v) is 1.83. The van der Waals surface area contributed by atoms with Gasteiger partial charge in [-0.05, 0) is 12.1 Å². The molecular formula is C6H10N4. The number of benzene rings is 1. The summed E-state index contributed by atoms with van der Waals surface area (Å²) >= 11 is 0. The molecule has 0 aromatic heterocycles. The van der Waals surface area contributed by atoms with Crippen LogP contribution in [0.4, 0.5) is 5.69 Å². The Kier molecular flexibility index (Phi) is 2.22. The van der Waals surface area contributed by atoms with Crippen molar-refractivity contribution < 1.29 is 0 Å². The van der Waals surface area contributed by atoms with Gasteiger partial charge < -0.3 is 0 Å². The topological polar surface area (TPSA) is 67.3 Å². The van der Waals surface area contributed by atoms with Crippen molar-refractivity contribution >= 4 is 5.69 Å². The number of hydrogen-bond donors (Lipinski definition) is 3. The van der Waals surface area contributed by atoms with Crippen molar-refractivity contribution in [3.63, 3.8) is 0 Å². The van der Waals surface area contributed by atoms with Gasteiger partial charge in [0.05, 0.1) is 5.69 Å². The molecule has 0 aliphatic rings. The maximum Gasteiger partial charge on any atom is 0.0713 e. The smallest absolute Gasteiger partial charge is 0.0713 e. The minimum atomic E-state index is 0.824. The van der Waals surface area contributed by atoms with Crippen molar-refractivity contribution in [3.8, 4) is 0 Å². The van der Waals surface area contributed by atoms with Crippen LogP contribution < -0.4 is 22.3 Å². The van der Waals surface area contributed by atoms with Crippen LogP contribution >= 0.6 is 0 Å². The maximum absolute atomic E-state index is 5.39. The summed E-state index contributed by atoms with van der Waals surface area (Å²) in [5.41, 5.74) is 3.12. The van der Waals surface area contributed by atoms with E-state index < -0.39 is 0 Å². The highest BCUT2D eigenvalue weighted by atomic mass is 15.7. The summed E-state index contributed by atoms with van der Waals surface area (Å²) in [6, 6.07) is 9.37. The Bertz CT molecular complexity index is 186. The van der Waals surface area contributed by atoms with Gasteiger partial charge in [0.1, 0.15) is 0 Å². The first-order chi connectivity index (χ1) is 4.84. The zero-order chi connectivity index (χ0) is 7.40. The molecule has 4 nitrogen and oxygen atoms in total. The molecule has 1 aromatic rings. The standard InChI is InChI=1S/C6H10N4/c7-9-10(8)6-4-2-1-3-5-6/h1-5,9H,7-8H2. The fourth-order valence-electron chi connectivity index (χ4n) is 0.663. The van der Waals surface area contributed by atoms with Gasteiger partial charge in [0, 0.05) is 0 Å². The van der Waals surface area contributed by atoms with E-state index in [2.05, 4.69) is 5.53 Å². The Morgan fingerprint density at radius 3 is 2.30 bits per heavy atom. The van der Waals surface area contributed by atoms with Crippen LogP contribution in [0.1, 0.15) is 0 Å². The average molecular weight is 138 g/mol. The van der Waals surface area contributed by atoms with Gasteiger partial charge in [0.15, 0.2) is 0 Å². The van der Waals surface area contributed by atoms with Crippen LogP contribution in [0.2, 0.25) is 0 Å². The SMILES string of the molecule is NNN(N)c1ccccc1. The van der Waals surface area contributed by atoms with Gasteiger partial charge in [-0.25, -0.2) is 11.0 Å². The Morgan fingerprint density at radius 1 is 1.20 bits per heavy atom. The average Bonchev–Trinajstić information content (AvgIpc) is 2.05. The number of nitrogens with one attached hydrogen (secondary N) is 1. The third kappa shape index (κ3) is 1.44. The summed E-state index contributed by atoms with van der Waals surface area (Å²) in [6.07, 6.45) is 0. The largest absolute Gasteiger partial charge is 0.252 e. The summed E-state index contributed by atoms with van der Waals surface area (Å²) in [5, 5.41) is 1.24. The van der Waals surface area contributed by atoms with E-state index in [0.29, 0.717) is 0 Å². The predicted molar refractivity (Wildman–Crippen MR) is 40.4 cm³/mol. The van der Waals surface area contributed by atoms with Crippen LogP contribution in [0.5, 0.6) is 0 Å². The second kappa shape index (κ2) is 3.17. The molecule has 54 valence electrons. The van der Waals surface area contributed by atoms with Crippen LogP contribution in [0, 0.1) is 0 Å². The molecule has 0 bridgehead atoms. The lowest BCUT2D eigenvalue weighted by molar-refractivity contribution is 0.678. The van der Waals surface area contributed by atoms with Crippen molar-refractivity contribution in [1.82, 2.24) is 5.53 Å². The summed E-state index contributed by atoms with van der Waals surface area (Å²) in [4.78, 5) is 0. The van der Waals surface area contributed by atoms with E-state index in [-0.39, 0.29) is 0 Å². The quantitative estimate of drug-likeness (QED) is 0.389. The fraction of sp³-hybridized carbons (Fsp3) is 0. The van der Waals surface area contributed by atoms with E-state index in [4.69, 9.17) is 11.7 Å². The molecule has 0 atom stereocenters. The summed E-state index contributed by atoms with van der Waals surface area (Å²) < 4.78 is 0. The van der Waals surface area contributed by atoms with Gasteiger partial charge in [-0.1, -0.05) is 18.2 Å². The Balaban J connectivity index is 2.75. The molecule has 0 aliphatic heterocycles. The molecule has 1 rings (SSSR count). The van der Waals surface area contributed by atoms with Gasteiger partial charge in [-0.2, -0.15) is 5.53 Å². The van der Waals surface area contributed by atoms with Crippen LogP contribution in [-0.4, -0.2) is 0 Å². The first kappa shape index (κ1) is 7.01. The Labute approximate surface area is 59.3 Å². The molecule has 0 fully saturated rings. The van der Waals surface area contributed by atoms with Gasteiger partial charge in [-0.15, -0.1) is 0 Å². The first-order valence-electron chi connectivity index (χ1n) is 2.90. The fourth-order valence-corrected chi connectivity index (χ4v) is 0.663. The van der Waals surface area contributed by atoms with Crippen LogP contribution in [0.25, 0.3) is 0 Å². The lowest BCUT2D eigenvalue weighted by Gasteiger charge is -2.15. The normalized spacial score (nSPS) is 9.40. The molecule has 0 saturated carbocycles. The molecule has 0 saturated heterocycles. The summed E-state index contributed by atoms with van der Waals surface area (Å²) in [5.74, 6) is 10.4. The zero-order valence-electron chi connectivity index (χ0n) is 5.49. The van der Waals surface area contributed by atoms with E-state index in [1.54, 1.807) is 0 Å². The number of hydrogen-bond acceptors (Lipinski definition) is 4. The number of anilines is 1. The Morgan fingerprint density at radius 2 is 1.80 bits per heavy atom. The molecule has 0 unspecified atom stereocenters.